The van der Waals surface area contributed by atoms with E-state index in [9.17, 15) is 19.8 Å². The summed E-state index contributed by atoms with van der Waals surface area (Å²) in [5.41, 5.74) is 0. The number of aliphatic hydroxyl groups excluding tert-OH is 2. The number of hydrogen-bond donors (Lipinski definition) is 3. The number of unbranched alkanes of at least 4 members (excludes halogenated alkanes) is 38. The van der Waals surface area contributed by atoms with Crippen LogP contribution in [-0.2, 0) is 14.3 Å². The first-order valence-electron chi connectivity index (χ1n) is 29.3. The summed E-state index contributed by atoms with van der Waals surface area (Å²) < 4.78 is 5.43. The van der Waals surface area contributed by atoms with Gasteiger partial charge >= 0.3 is 5.97 Å². The number of carbonyl (C=O) groups is 2. The summed E-state index contributed by atoms with van der Waals surface area (Å²) in [6, 6.07) is -0.550. The molecule has 6 nitrogen and oxygen atoms in total. The molecule has 0 aromatic rings. The highest BCUT2D eigenvalue weighted by Gasteiger charge is 2.20. The first-order valence-corrected chi connectivity index (χ1v) is 29.3. The molecule has 6 heteroatoms. The summed E-state index contributed by atoms with van der Waals surface area (Å²) in [6.07, 6.45) is 68.5. The van der Waals surface area contributed by atoms with Crippen molar-refractivity contribution in [2.75, 3.05) is 13.2 Å². The number of ether oxygens (including phenoxy) is 1. The van der Waals surface area contributed by atoms with Crippen molar-refractivity contribution in [3.8, 4) is 0 Å². The van der Waals surface area contributed by atoms with Gasteiger partial charge in [-0.05, 0) is 77.0 Å². The normalized spacial score (nSPS) is 12.8. The van der Waals surface area contributed by atoms with Crippen LogP contribution in [0.2, 0.25) is 0 Å². The smallest absolute Gasteiger partial charge is 0.305 e. The highest BCUT2D eigenvalue weighted by atomic mass is 16.5. The average molecular weight is 929 g/mol. The summed E-state index contributed by atoms with van der Waals surface area (Å²) >= 11 is 0. The summed E-state index contributed by atoms with van der Waals surface area (Å²) in [5.74, 6) is -0.0676. The summed E-state index contributed by atoms with van der Waals surface area (Å²) in [5, 5.41) is 23.3. The van der Waals surface area contributed by atoms with Crippen LogP contribution in [0.5, 0.6) is 0 Å². The van der Waals surface area contributed by atoms with Crippen LogP contribution in [-0.4, -0.2) is 47.4 Å². The molecule has 388 valence electrons. The fourth-order valence-corrected chi connectivity index (χ4v) is 8.91. The zero-order chi connectivity index (χ0) is 47.9. The third-order valence-corrected chi connectivity index (χ3v) is 13.4. The molecule has 0 saturated heterocycles. The van der Waals surface area contributed by atoms with Crippen molar-refractivity contribution < 1.29 is 24.5 Å². The van der Waals surface area contributed by atoms with E-state index in [4.69, 9.17) is 4.74 Å². The third kappa shape index (κ3) is 51.5. The van der Waals surface area contributed by atoms with Crippen LogP contribution >= 0.6 is 0 Å². The van der Waals surface area contributed by atoms with Crippen molar-refractivity contribution in [2.45, 2.75) is 321 Å². The molecule has 0 rings (SSSR count). The minimum atomic E-state index is -0.672. The fourth-order valence-electron chi connectivity index (χ4n) is 8.91. The predicted octanol–water partition coefficient (Wildman–Crippen LogP) is 18.0. The fraction of sp³-hybridized carbons (Fsp3) is 0.867. The molecule has 3 N–H and O–H groups in total. The summed E-state index contributed by atoms with van der Waals surface area (Å²) in [6.45, 7) is 4.88. The van der Waals surface area contributed by atoms with E-state index in [1.54, 1.807) is 0 Å². The summed E-state index contributed by atoms with van der Waals surface area (Å²) in [4.78, 5) is 24.5. The topological polar surface area (TPSA) is 95.9 Å². The Labute approximate surface area is 411 Å². The van der Waals surface area contributed by atoms with Crippen LogP contribution in [0.15, 0.2) is 36.5 Å². The lowest BCUT2D eigenvalue weighted by Crippen LogP contribution is -2.45. The van der Waals surface area contributed by atoms with Crippen LogP contribution in [0, 0.1) is 0 Å². The molecule has 66 heavy (non-hydrogen) atoms. The number of hydrogen-bond acceptors (Lipinski definition) is 5. The molecule has 0 aromatic carbocycles. The van der Waals surface area contributed by atoms with Crippen LogP contribution < -0.4 is 5.32 Å². The van der Waals surface area contributed by atoms with Gasteiger partial charge in [-0.15, -0.1) is 0 Å². The van der Waals surface area contributed by atoms with Gasteiger partial charge in [-0.2, -0.15) is 0 Å². The van der Waals surface area contributed by atoms with Crippen LogP contribution in [0.25, 0.3) is 0 Å². The van der Waals surface area contributed by atoms with E-state index in [0.717, 1.165) is 70.6 Å². The minimum Gasteiger partial charge on any atom is -0.466 e. The molecular formula is C60H113NO5. The first-order chi connectivity index (χ1) is 32.5. The zero-order valence-corrected chi connectivity index (χ0v) is 44.2. The van der Waals surface area contributed by atoms with E-state index in [1.807, 2.05) is 0 Å². The lowest BCUT2D eigenvalue weighted by Gasteiger charge is -2.22. The van der Waals surface area contributed by atoms with Crippen molar-refractivity contribution >= 4 is 11.9 Å². The van der Waals surface area contributed by atoms with Gasteiger partial charge in [0.15, 0.2) is 0 Å². The Hall–Kier alpha value is -1.92. The summed E-state index contributed by atoms with van der Waals surface area (Å²) in [7, 11) is 0. The number of allylic oxidation sites excluding steroid dienone is 6. The first kappa shape index (κ1) is 64.1. The van der Waals surface area contributed by atoms with Gasteiger partial charge in [0, 0.05) is 12.8 Å². The lowest BCUT2D eigenvalue weighted by atomic mass is 10.0. The number of rotatable bonds is 54. The molecule has 0 radical (unpaired) electrons. The van der Waals surface area contributed by atoms with Crippen molar-refractivity contribution in [2.24, 2.45) is 0 Å². The van der Waals surface area contributed by atoms with Crippen LogP contribution in [0.1, 0.15) is 309 Å². The maximum atomic E-state index is 12.5. The van der Waals surface area contributed by atoms with Gasteiger partial charge in [-0.3, -0.25) is 9.59 Å². The molecule has 0 aliphatic carbocycles. The van der Waals surface area contributed by atoms with E-state index in [0.29, 0.717) is 25.9 Å². The molecule has 0 bridgehead atoms. The number of aliphatic hydroxyl groups is 2. The van der Waals surface area contributed by atoms with Crippen molar-refractivity contribution in [3.05, 3.63) is 36.5 Å². The second-order valence-electron chi connectivity index (χ2n) is 20.0. The lowest BCUT2D eigenvalue weighted by molar-refractivity contribution is -0.143. The van der Waals surface area contributed by atoms with Gasteiger partial charge in [0.2, 0.25) is 5.91 Å². The third-order valence-electron chi connectivity index (χ3n) is 13.4. The van der Waals surface area contributed by atoms with Crippen molar-refractivity contribution in [1.82, 2.24) is 5.32 Å². The monoisotopic (exact) mass is 928 g/mol. The average Bonchev–Trinajstić information content (AvgIpc) is 3.32. The highest BCUT2D eigenvalue weighted by Crippen LogP contribution is 2.17. The SMILES string of the molecule is CCCC/C=C\CCCCCCCC(=O)OCCCCC/C=C\C=C/CCCCCCCCCCCCC(=O)NC(CO)C(O)CCCCCCCCCCCCCCCCCCCCC. The minimum absolute atomic E-state index is 0.0244. The van der Waals surface area contributed by atoms with Gasteiger partial charge in [0.25, 0.3) is 0 Å². The largest absolute Gasteiger partial charge is 0.466 e. The van der Waals surface area contributed by atoms with Gasteiger partial charge in [0.05, 0.1) is 25.4 Å². The Balaban J connectivity index is 3.49. The van der Waals surface area contributed by atoms with E-state index in [2.05, 4.69) is 55.6 Å². The molecule has 0 fully saturated rings. The molecule has 0 heterocycles. The standard InChI is InChI=1S/C60H113NO5/c1-3-5-7-9-11-13-15-16-17-18-20-23-26-29-33-36-40-44-48-52-58(63)57(56-62)61-59(64)53-49-45-41-37-34-30-27-24-21-19-22-25-28-31-35-39-43-47-51-55-66-60(65)54-50-46-42-38-32-14-12-10-8-6-4-2/h10,12,25,28,31,35,57-58,62-63H,3-9,11,13-24,26-27,29-30,32-34,36-56H2,1-2H3,(H,61,64)/b12-10-,28-25-,35-31-. The van der Waals surface area contributed by atoms with Crippen molar-refractivity contribution in [1.29, 1.82) is 0 Å². The molecule has 1 amide bonds. The Bertz CT molecular complexity index is 1070. The van der Waals surface area contributed by atoms with Gasteiger partial charge in [-0.25, -0.2) is 0 Å². The maximum absolute atomic E-state index is 12.5. The molecule has 0 aromatic heterocycles. The molecular weight excluding hydrogens is 815 g/mol. The number of nitrogens with one attached hydrogen (secondary N) is 1. The van der Waals surface area contributed by atoms with E-state index in [1.165, 1.54) is 205 Å². The Kier molecular flexibility index (Phi) is 54.1. The second-order valence-corrected chi connectivity index (χ2v) is 20.0. The number of carbonyl (C=O) groups excluding carboxylic acids is 2. The zero-order valence-electron chi connectivity index (χ0n) is 44.2. The van der Waals surface area contributed by atoms with Gasteiger partial charge < -0.3 is 20.3 Å². The van der Waals surface area contributed by atoms with Crippen LogP contribution in [0.3, 0.4) is 0 Å². The molecule has 2 atom stereocenters. The quantitative estimate of drug-likeness (QED) is 0.0244. The molecule has 2 unspecified atom stereocenters. The molecule has 0 saturated carbocycles. The van der Waals surface area contributed by atoms with Crippen LogP contribution in [0.4, 0.5) is 0 Å². The van der Waals surface area contributed by atoms with E-state index in [-0.39, 0.29) is 18.5 Å². The molecule has 0 aliphatic rings. The predicted molar refractivity (Wildman–Crippen MR) is 287 cm³/mol. The Morgan fingerprint density at radius 1 is 0.424 bits per heavy atom. The van der Waals surface area contributed by atoms with E-state index >= 15 is 0 Å². The number of amides is 1. The van der Waals surface area contributed by atoms with Crippen molar-refractivity contribution in [3.63, 3.8) is 0 Å². The molecule has 0 spiro atoms. The molecule has 0 aliphatic heterocycles. The second kappa shape index (κ2) is 55.7. The number of esters is 1. The Morgan fingerprint density at radius 3 is 1.21 bits per heavy atom. The highest BCUT2D eigenvalue weighted by molar-refractivity contribution is 5.76. The van der Waals surface area contributed by atoms with Gasteiger partial charge in [-0.1, -0.05) is 256 Å². The maximum Gasteiger partial charge on any atom is 0.305 e. The van der Waals surface area contributed by atoms with Gasteiger partial charge in [0.1, 0.15) is 0 Å². The Morgan fingerprint density at radius 2 is 0.773 bits per heavy atom. The van der Waals surface area contributed by atoms with E-state index < -0.39 is 12.1 Å².